The van der Waals surface area contributed by atoms with Gasteiger partial charge in [-0.05, 0) is 6.92 Å². The van der Waals surface area contributed by atoms with E-state index < -0.39 is 30.4 Å². The van der Waals surface area contributed by atoms with Gasteiger partial charge in [-0.15, -0.1) is 0 Å². The summed E-state index contributed by atoms with van der Waals surface area (Å²) < 4.78 is 0. The molecule has 0 aromatic heterocycles. The van der Waals surface area contributed by atoms with Crippen molar-refractivity contribution in [1.29, 1.82) is 0 Å². The van der Waals surface area contributed by atoms with Crippen LogP contribution in [0.3, 0.4) is 0 Å². The lowest BCUT2D eigenvalue weighted by atomic mass is 10.2. The predicted molar refractivity (Wildman–Crippen MR) is 56.5 cm³/mol. The minimum atomic E-state index is -1.48. The van der Waals surface area contributed by atoms with E-state index in [0.29, 0.717) is 0 Å². The van der Waals surface area contributed by atoms with Gasteiger partial charge in [0.25, 0.3) is 0 Å². The fourth-order valence-electron chi connectivity index (χ4n) is 1.14. The lowest BCUT2D eigenvalue weighted by molar-refractivity contribution is -0.145. The second-order valence-corrected chi connectivity index (χ2v) is 3.24. The van der Waals surface area contributed by atoms with Crippen LogP contribution in [0.2, 0.25) is 0 Å². The Morgan fingerprint density at radius 3 is 2.24 bits per heavy atom. The fraction of sp³-hybridized carbons (Fsp3) is 0.667. The number of carboxylic acids is 2. The zero-order valence-corrected chi connectivity index (χ0v) is 9.42. The van der Waals surface area contributed by atoms with Gasteiger partial charge in [0, 0.05) is 13.1 Å². The lowest BCUT2D eigenvalue weighted by Gasteiger charge is -2.22. The number of nitrogens with one attached hydrogen (secondary N) is 1. The number of aliphatic hydroxyl groups is 1. The molecule has 0 radical (unpaired) electrons. The molecule has 0 spiro atoms. The Bertz CT molecular complexity index is 293. The first-order chi connectivity index (χ1) is 7.92. The Morgan fingerprint density at radius 1 is 1.29 bits per heavy atom. The topological polar surface area (TPSA) is 127 Å². The van der Waals surface area contributed by atoms with Gasteiger partial charge in [0.05, 0.1) is 13.0 Å². The summed E-state index contributed by atoms with van der Waals surface area (Å²) in [5.74, 6) is -2.73. The molecule has 0 unspecified atom stereocenters. The van der Waals surface area contributed by atoms with Crippen molar-refractivity contribution in [2.24, 2.45) is 0 Å². The fourth-order valence-corrected chi connectivity index (χ4v) is 1.14. The molecule has 1 atom stereocenters. The van der Waals surface area contributed by atoms with Gasteiger partial charge in [-0.2, -0.15) is 0 Å². The largest absolute Gasteiger partial charge is 0.481 e. The highest BCUT2D eigenvalue weighted by molar-refractivity contribution is 5.86. The maximum absolute atomic E-state index is 11.5. The number of carbonyl (C=O) groups excluding carboxylic acids is 1. The number of nitrogens with zero attached hydrogens (tertiary/aromatic N) is 1. The molecule has 8 nitrogen and oxygen atoms in total. The van der Waals surface area contributed by atoms with Crippen LogP contribution in [-0.2, 0) is 9.59 Å². The molecule has 0 aliphatic rings. The molecule has 8 heteroatoms. The van der Waals surface area contributed by atoms with E-state index in [1.807, 2.05) is 0 Å². The van der Waals surface area contributed by atoms with Gasteiger partial charge in [-0.1, -0.05) is 0 Å². The van der Waals surface area contributed by atoms with Crippen molar-refractivity contribution in [3.05, 3.63) is 0 Å². The molecule has 0 saturated heterocycles. The van der Waals surface area contributed by atoms with Crippen LogP contribution in [0.5, 0.6) is 0 Å². The van der Waals surface area contributed by atoms with E-state index in [1.165, 1.54) is 4.90 Å². The molecule has 0 aromatic rings. The van der Waals surface area contributed by atoms with Crippen LogP contribution < -0.4 is 5.32 Å². The molecular formula is C9H16N2O6. The second-order valence-electron chi connectivity index (χ2n) is 3.24. The third-order valence-electron chi connectivity index (χ3n) is 2.01. The Hall–Kier alpha value is -1.83. The Balaban J connectivity index is 4.47. The van der Waals surface area contributed by atoms with Crippen LogP contribution >= 0.6 is 0 Å². The van der Waals surface area contributed by atoms with Gasteiger partial charge in [0.2, 0.25) is 0 Å². The normalized spacial score (nSPS) is 11.6. The van der Waals surface area contributed by atoms with Gasteiger partial charge in [0.15, 0.2) is 0 Å². The van der Waals surface area contributed by atoms with E-state index in [-0.39, 0.29) is 19.7 Å². The first kappa shape index (κ1) is 15.2. The smallest absolute Gasteiger partial charge is 0.326 e. The summed E-state index contributed by atoms with van der Waals surface area (Å²) in [5.41, 5.74) is 0. The molecule has 0 aromatic carbocycles. The number of likely N-dealkylation sites (N-methyl/N-ethyl adjacent to an activating group) is 1. The van der Waals surface area contributed by atoms with Gasteiger partial charge in [0.1, 0.15) is 6.04 Å². The maximum Gasteiger partial charge on any atom is 0.326 e. The van der Waals surface area contributed by atoms with Crippen LogP contribution in [0.1, 0.15) is 13.3 Å². The molecule has 0 heterocycles. The monoisotopic (exact) mass is 248 g/mol. The molecule has 4 N–H and O–H groups in total. The minimum Gasteiger partial charge on any atom is -0.481 e. The Kier molecular flexibility index (Phi) is 6.64. The summed E-state index contributed by atoms with van der Waals surface area (Å²) in [6.45, 7) is 1.74. The second kappa shape index (κ2) is 7.44. The summed E-state index contributed by atoms with van der Waals surface area (Å²) in [6, 6.07) is -2.19. The maximum atomic E-state index is 11.5. The molecule has 98 valence electrons. The molecule has 17 heavy (non-hydrogen) atoms. The van der Waals surface area contributed by atoms with Crippen molar-refractivity contribution in [3.63, 3.8) is 0 Å². The quantitative estimate of drug-likeness (QED) is 0.454. The molecule has 0 rings (SSSR count). The molecular weight excluding hydrogens is 232 g/mol. The first-order valence-corrected chi connectivity index (χ1v) is 5.03. The molecule has 0 fully saturated rings. The third-order valence-corrected chi connectivity index (χ3v) is 2.01. The molecule has 2 amide bonds. The van der Waals surface area contributed by atoms with E-state index in [0.717, 1.165) is 0 Å². The van der Waals surface area contributed by atoms with E-state index in [2.05, 4.69) is 5.32 Å². The zero-order chi connectivity index (χ0) is 13.4. The number of aliphatic hydroxyl groups excluding tert-OH is 1. The van der Waals surface area contributed by atoms with Crippen LogP contribution in [-0.4, -0.2) is 63.9 Å². The van der Waals surface area contributed by atoms with Crippen molar-refractivity contribution in [2.45, 2.75) is 19.4 Å². The average molecular weight is 248 g/mol. The highest BCUT2D eigenvalue weighted by atomic mass is 16.4. The molecule has 0 aliphatic heterocycles. The lowest BCUT2D eigenvalue weighted by Crippen LogP contribution is -2.49. The van der Waals surface area contributed by atoms with Gasteiger partial charge in [-0.3, -0.25) is 4.79 Å². The molecule has 0 saturated carbocycles. The number of rotatable bonds is 7. The van der Waals surface area contributed by atoms with Crippen molar-refractivity contribution >= 4 is 18.0 Å². The summed E-state index contributed by atoms with van der Waals surface area (Å²) >= 11 is 0. The van der Waals surface area contributed by atoms with Crippen LogP contribution in [0.15, 0.2) is 0 Å². The molecule has 0 aliphatic carbocycles. The number of carboxylic acid groups (broad SMARTS) is 2. The van der Waals surface area contributed by atoms with Crippen molar-refractivity contribution < 1.29 is 29.7 Å². The Morgan fingerprint density at radius 2 is 1.88 bits per heavy atom. The molecule has 0 bridgehead atoms. The van der Waals surface area contributed by atoms with Gasteiger partial charge >= 0.3 is 18.0 Å². The van der Waals surface area contributed by atoms with Crippen molar-refractivity contribution in [3.8, 4) is 0 Å². The Labute approximate surface area is 97.8 Å². The highest BCUT2D eigenvalue weighted by Gasteiger charge is 2.24. The van der Waals surface area contributed by atoms with Crippen LogP contribution in [0, 0.1) is 0 Å². The number of hydrogen-bond acceptors (Lipinski definition) is 4. The SMILES string of the molecule is CCN(CCO)C(=O)N[C@H](CC(=O)O)C(=O)O. The van der Waals surface area contributed by atoms with E-state index in [1.54, 1.807) is 6.92 Å². The highest BCUT2D eigenvalue weighted by Crippen LogP contribution is 1.96. The summed E-state index contributed by atoms with van der Waals surface area (Å²) in [4.78, 5) is 33.8. The van der Waals surface area contributed by atoms with E-state index in [4.69, 9.17) is 15.3 Å². The van der Waals surface area contributed by atoms with Crippen molar-refractivity contribution in [1.82, 2.24) is 10.2 Å². The standard InChI is InChI=1S/C9H16N2O6/c1-2-11(3-4-12)9(17)10-6(8(15)16)5-7(13)14/h6,12H,2-5H2,1H3,(H,10,17)(H,13,14)(H,15,16)/t6-/m1/s1. The summed E-state index contributed by atoms with van der Waals surface area (Å²) in [5, 5.41) is 27.9. The number of amides is 2. The van der Waals surface area contributed by atoms with Crippen LogP contribution in [0.25, 0.3) is 0 Å². The van der Waals surface area contributed by atoms with E-state index >= 15 is 0 Å². The third kappa shape index (κ3) is 5.71. The summed E-state index contributed by atoms with van der Waals surface area (Å²) in [6.07, 6.45) is -0.697. The average Bonchev–Trinajstić information content (AvgIpc) is 2.23. The van der Waals surface area contributed by atoms with Gasteiger partial charge in [-0.25, -0.2) is 9.59 Å². The first-order valence-electron chi connectivity index (χ1n) is 5.03. The number of hydrogen-bond donors (Lipinski definition) is 4. The number of urea groups is 1. The van der Waals surface area contributed by atoms with Crippen molar-refractivity contribution in [2.75, 3.05) is 19.7 Å². The minimum absolute atomic E-state index is 0.0573. The van der Waals surface area contributed by atoms with E-state index in [9.17, 15) is 14.4 Å². The summed E-state index contributed by atoms with van der Waals surface area (Å²) in [7, 11) is 0. The number of carbonyl (C=O) groups is 3. The number of aliphatic carboxylic acids is 2. The van der Waals surface area contributed by atoms with Gasteiger partial charge < -0.3 is 25.5 Å². The zero-order valence-electron chi connectivity index (χ0n) is 9.42. The predicted octanol–water partition coefficient (Wildman–Crippen LogP) is -1.06. The van der Waals surface area contributed by atoms with Crippen LogP contribution in [0.4, 0.5) is 4.79 Å².